The van der Waals surface area contributed by atoms with E-state index in [0.29, 0.717) is 12.2 Å². The first-order valence-corrected chi connectivity index (χ1v) is 8.54. The Morgan fingerprint density at radius 3 is 2.68 bits per heavy atom. The Kier molecular flexibility index (Phi) is 4.48. The van der Waals surface area contributed by atoms with Crippen LogP contribution >= 0.6 is 11.8 Å². The van der Waals surface area contributed by atoms with Crippen LogP contribution in [0.2, 0.25) is 0 Å². The molecule has 0 bridgehead atoms. The summed E-state index contributed by atoms with van der Waals surface area (Å²) in [5.41, 5.74) is -0.326. The molecule has 124 valence electrons. The summed E-state index contributed by atoms with van der Waals surface area (Å²) in [7, 11) is 1.62. The summed E-state index contributed by atoms with van der Waals surface area (Å²) in [5.74, 6) is 0.296. The third-order valence-corrected chi connectivity index (χ3v) is 5.51. The molecule has 2 aliphatic rings. The van der Waals surface area contributed by atoms with Crippen LogP contribution in [0.4, 0.5) is 0 Å². The Balaban J connectivity index is 2.00. The molecule has 0 radical (unpaired) electrons. The minimum absolute atomic E-state index is 0.00994. The normalized spacial score (nSPS) is 27.8. The average molecular weight is 327 g/mol. The van der Waals surface area contributed by atoms with Gasteiger partial charge in [0.2, 0.25) is 17.7 Å². The highest BCUT2D eigenvalue weighted by Crippen LogP contribution is 2.47. The van der Waals surface area contributed by atoms with Crippen molar-refractivity contribution >= 4 is 29.5 Å². The molecule has 7 heteroatoms. The lowest BCUT2D eigenvalue weighted by atomic mass is 10.1. The summed E-state index contributed by atoms with van der Waals surface area (Å²) in [6, 6.07) is -0.447. The zero-order valence-corrected chi connectivity index (χ0v) is 14.7. The second-order valence-electron chi connectivity index (χ2n) is 7.26. The minimum Gasteiger partial charge on any atom is -0.350 e. The van der Waals surface area contributed by atoms with Crippen molar-refractivity contribution in [1.29, 1.82) is 0 Å². The molecular weight excluding hydrogens is 302 g/mol. The zero-order valence-electron chi connectivity index (χ0n) is 13.9. The molecule has 2 atom stereocenters. The second kappa shape index (κ2) is 5.76. The molecule has 2 unspecified atom stereocenters. The van der Waals surface area contributed by atoms with Gasteiger partial charge in [-0.15, -0.1) is 11.8 Å². The minimum atomic E-state index is -0.447. The number of amides is 3. The number of nitrogens with one attached hydrogen (secondary N) is 1. The summed E-state index contributed by atoms with van der Waals surface area (Å²) >= 11 is 1.66. The van der Waals surface area contributed by atoms with E-state index in [1.165, 1.54) is 4.90 Å². The standard InChI is InChI=1S/C15H25N3O3S/c1-14(2,3)16-11(19)8-17(5)13(21)10-9-22-15(4)7-6-12(20)18(10)15/h10H,6-9H2,1-5H3,(H,16,19). The quantitative estimate of drug-likeness (QED) is 0.833. The Labute approximate surface area is 136 Å². The summed E-state index contributed by atoms with van der Waals surface area (Å²) in [4.78, 5) is 39.5. The van der Waals surface area contributed by atoms with Crippen LogP contribution in [0.25, 0.3) is 0 Å². The van der Waals surface area contributed by atoms with Crippen LogP contribution in [-0.2, 0) is 14.4 Å². The lowest BCUT2D eigenvalue weighted by Crippen LogP contribution is -2.53. The number of rotatable bonds is 3. The highest BCUT2D eigenvalue weighted by molar-refractivity contribution is 8.01. The summed E-state index contributed by atoms with van der Waals surface area (Å²) < 4.78 is 0. The molecule has 2 fully saturated rings. The topological polar surface area (TPSA) is 69.7 Å². The molecule has 2 saturated heterocycles. The summed E-state index contributed by atoms with van der Waals surface area (Å²) in [5, 5.41) is 2.84. The van der Waals surface area contributed by atoms with E-state index >= 15 is 0 Å². The van der Waals surface area contributed by atoms with E-state index in [9.17, 15) is 14.4 Å². The molecule has 0 aromatic rings. The predicted molar refractivity (Wildman–Crippen MR) is 86.3 cm³/mol. The van der Waals surface area contributed by atoms with Gasteiger partial charge in [0.25, 0.3) is 0 Å². The molecule has 0 aromatic heterocycles. The van der Waals surface area contributed by atoms with Gasteiger partial charge in [0, 0.05) is 24.8 Å². The number of hydrogen-bond donors (Lipinski definition) is 1. The maximum Gasteiger partial charge on any atom is 0.246 e. The molecular formula is C15H25N3O3S. The lowest BCUT2D eigenvalue weighted by Gasteiger charge is -2.32. The van der Waals surface area contributed by atoms with Gasteiger partial charge in [-0.25, -0.2) is 0 Å². The van der Waals surface area contributed by atoms with Crippen LogP contribution in [0, 0.1) is 0 Å². The summed E-state index contributed by atoms with van der Waals surface area (Å²) in [6.07, 6.45) is 1.29. The highest BCUT2D eigenvalue weighted by atomic mass is 32.2. The van der Waals surface area contributed by atoms with Crippen molar-refractivity contribution in [2.75, 3.05) is 19.3 Å². The van der Waals surface area contributed by atoms with Crippen molar-refractivity contribution < 1.29 is 14.4 Å². The Hall–Kier alpha value is -1.24. The fourth-order valence-corrected chi connectivity index (χ4v) is 4.43. The van der Waals surface area contributed by atoms with Gasteiger partial charge in [0.15, 0.2) is 0 Å². The molecule has 2 aliphatic heterocycles. The van der Waals surface area contributed by atoms with Crippen LogP contribution in [0.3, 0.4) is 0 Å². The van der Waals surface area contributed by atoms with Gasteiger partial charge in [-0.1, -0.05) is 0 Å². The van der Waals surface area contributed by atoms with Crippen molar-refractivity contribution in [2.24, 2.45) is 0 Å². The number of likely N-dealkylation sites (N-methyl/N-ethyl adjacent to an activating group) is 1. The van der Waals surface area contributed by atoms with E-state index in [4.69, 9.17) is 0 Å². The Morgan fingerprint density at radius 2 is 2.09 bits per heavy atom. The van der Waals surface area contributed by atoms with E-state index in [0.717, 1.165) is 6.42 Å². The van der Waals surface area contributed by atoms with Crippen LogP contribution in [0.1, 0.15) is 40.5 Å². The predicted octanol–water partition coefficient (Wildman–Crippen LogP) is 0.814. The van der Waals surface area contributed by atoms with Crippen LogP contribution in [0.15, 0.2) is 0 Å². The molecule has 1 N–H and O–H groups in total. The van der Waals surface area contributed by atoms with Crippen molar-refractivity contribution in [3.63, 3.8) is 0 Å². The lowest BCUT2D eigenvalue weighted by molar-refractivity contribution is -0.144. The van der Waals surface area contributed by atoms with Crippen LogP contribution in [-0.4, -0.2) is 63.3 Å². The average Bonchev–Trinajstić information content (AvgIpc) is 2.84. The number of nitrogens with zero attached hydrogens (tertiary/aromatic N) is 2. The highest BCUT2D eigenvalue weighted by Gasteiger charge is 2.53. The van der Waals surface area contributed by atoms with Gasteiger partial charge >= 0.3 is 0 Å². The second-order valence-corrected chi connectivity index (χ2v) is 8.76. The fraction of sp³-hybridized carbons (Fsp3) is 0.800. The Bertz CT molecular complexity index is 503. The van der Waals surface area contributed by atoms with E-state index in [1.807, 2.05) is 27.7 Å². The monoisotopic (exact) mass is 327 g/mol. The van der Waals surface area contributed by atoms with Crippen molar-refractivity contribution in [2.45, 2.75) is 57.0 Å². The van der Waals surface area contributed by atoms with E-state index in [2.05, 4.69) is 5.32 Å². The Morgan fingerprint density at radius 1 is 1.45 bits per heavy atom. The smallest absolute Gasteiger partial charge is 0.246 e. The van der Waals surface area contributed by atoms with Gasteiger partial charge in [-0.2, -0.15) is 0 Å². The maximum atomic E-state index is 12.6. The molecule has 2 rings (SSSR count). The molecule has 6 nitrogen and oxygen atoms in total. The van der Waals surface area contributed by atoms with Gasteiger partial charge in [0.1, 0.15) is 6.04 Å². The number of carbonyl (C=O) groups is 3. The SMILES string of the molecule is CN(CC(=O)NC(C)(C)C)C(=O)C1CSC2(C)CCC(=O)N12. The van der Waals surface area contributed by atoms with Crippen LogP contribution in [0.5, 0.6) is 0 Å². The van der Waals surface area contributed by atoms with Gasteiger partial charge in [-0.3, -0.25) is 14.4 Å². The first-order valence-electron chi connectivity index (χ1n) is 7.56. The van der Waals surface area contributed by atoms with Crippen molar-refractivity contribution in [1.82, 2.24) is 15.1 Å². The molecule has 22 heavy (non-hydrogen) atoms. The van der Waals surface area contributed by atoms with Gasteiger partial charge in [0.05, 0.1) is 11.4 Å². The van der Waals surface area contributed by atoms with Gasteiger partial charge < -0.3 is 15.1 Å². The van der Waals surface area contributed by atoms with Gasteiger partial charge in [-0.05, 0) is 34.1 Å². The van der Waals surface area contributed by atoms with Crippen LogP contribution < -0.4 is 5.32 Å². The van der Waals surface area contributed by atoms with E-state index < -0.39 is 6.04 Å². The number of thioether (sulfide) groups is 1. The molecule has 0 saturated carbocycles. The van der Waals surface area contributed by atoms with Crippen molar-refractivity contribution in [3.05, 3.63) is 0 Å². The fourth-order valence-electron chi connectivity index (χ4n) is 3.01. The molecule has 0 spiro atoms. The largest absolute Gasteiger partial charge is 0.350 e. The summed E-state index contributed by atoms with van der Waals surface area (Å²) in [6.45, 7) is 7.72. The van der Waals surface area contributed by atoms with E-state index in [1.54, 1.807) is 23.7 Å². The first-order chi connectivity index (χ1) is 10.0. The van der Waals surface area contributed by atoms with E-state index in [-0.39, 0.29) is 34.7 Å². The third-order valence-electron chi connectivity index (χ3n) is 4.00. The molecule has 3 amide bonds. The molecule has 2 heterocycles. The van der Waals surface area contributed by atoms with Crippen molar-refractivity contribution in [3.8, 4) is 0 Å². The zero-order chi connectivity index (χ0) is 16.7. The molecule has 0 aromatic carbocycles. The third kappa shape index (κ3) is 3.39. The number of hydrogen-bond acceptors (Lipinski definition) is 4. The number of fused-ring (bicyclic) bond motifs is 1. The first kappa shape index (κ1) is 17.1. The number of carbonyl (C=O) groups excluding carboxylic acids is 3. The maximum absolute atomic E-state index is 12.6. The molecule has 0 aliphatic carbocycles.